The summed E-state index contributed by atoms with van der Waals surface area (Å²) in [6.45, 7) is 0.225. The van der Waals surface area contributed by atoms with Gasteiger partial charge in [-0.15, -0.1) is 0 Å². The number of aliphatic hydroxyl groups is 1. The molecule has 2 aromatic carbocycles. The molecule has 2 aromatic rings. The van der Waals surface area contributed by atoms with E-state index in [2.05, 4.69) is 0 Å². The normalized spacial score (nSPS) is 14.0. The summed E-state index contributed by atoms with van der Waals surface area (Å²) in [7, 11) is 0. The number of halogens is 4. The second-order valence-corrected chi connectivity index (χ2v) is 6.28. The van der Waals surface area contributed by atoms with E-state index in [1.807, 2.05) is 0 Å². The molecular weight excluding hydrogens is 352 g/mol. The average Bonchev–Trinajstić information content (AvgIpc) is 2.44. The van der Waals surface area contributed by atoms with Crippen molar-refractivity contribution in [1.82, 2.24) is 0 Å². The van der Waals surface area contributed by atoms with E-state index in [0.29, 0.717) is 25.7 Å². The van der Waals surface area contributed by atoms with Crippen molar-refractivity contribution in [3.63, 3.8) is 0 Å². The minimum Gasteiger partial charge on any atom is -0.388 e. The molecule has 0 radical (unpaired) electrons. The van der Waals surface area contributed by atoms with Gasteiger partial charge in [0.2, 0.25) is 0 Å². The van der Waals surface area contributed by atoms with Crippen LogP contribution in [-0.2, 0) is 0 Å². The zero-order chi connectivity index (χ0) is 15.6. The van der Waals surface area contributed by atoms with Crippen molar-refractivity contribution in [3.05, 3.63) is 67.6 Å². The molecule has 0 spiro atoms. The molecule has 3 N–H and O–H groups in total. The first-order valence-corrected chi connectivity index (χ1v) is 7.73. The Morgan fingerprint density at radius 1 is 0.905 bits per heavy atom. The predicted octanol–water partition coefficient (Wildman–Crippen LogP) is 5.08. The Balaban J connectivity index is 2.37. The minimum atomic E-state index is -0.844. The lowest BCUT2D eigenvalue weighted by Gasteiger charge is -2.23. The topological polar surface area (TPSA) is 46.2 Å². The molecule has 0 bridgehead atoms. The van der Waals surface area contributed by atoms with Crippen molar-refractivity contribution in [2.45, 2.75) is 12.0 Å². The quantitative estimate of drug-likeness (QED) is 0.794. The number of nitrogens with two attached hydrogens (primary N) is 1. The van der Waals surface area contributed by atoms with Gasteiger partial charge in [-0.05, 0) is 35.4 Å². The van der Waals surface area contributed by atoms with E-state index in [4.69, 9.17) is 52.1 Å². The number of hydrogen-bond donors (Lipinski definition) is 2. The largest absolute Gasteiger partial charge is 0.388 e. The van der Waals surface area contributed by atoms with Gasteiger partial charge in [-0.25, -0.2) is 0 Å². The third kappa shape index (κ3) is 3.84. The highest BCUT2D eigenvalue weighted by atomic mass is 35.5. The third-order valence-corrected chi connectivity index (χ3v) is 4.58. The first-order chi connectivity index (χ1) is 9.93. The number of aliphatic hydroxyl groups excluding tert-OH is 1. The van der Waals surface area contributed by atoms with Crippen molar-refractivity contribution in [2.24, 2.45) is 5.73 Å². The maximum atomic E-state index is 10.6. The first kappa shape index (κ1) is 16.9. The molecule has 0 amide bonds. The second kappa shape index (κ2) is 7.19. The van der Waals surface area contributed by atoms with Gasteiger partial charge < -0.3 is 10.8 Å². The third-order valence-electron chi connectivity index (χ3n) is 3.28. The summed E-state index contributed by atoms with van der Waals surface area (Å²) in [5, 5.41) is 12.4. The van der Waals surface area contributed by atoms with Crippen LogP contribution in [0.3, 0.4) is 0 Å². The maximum Gasteiger partial charge on any atom is 0.0871 e. The van der Waals surface area contributed by atoms with Crippen molar-refractivity contribution in [1.29, 1.82) is 0 Å². The van der Waals surface area contributed by atoms with Gasteiger partial charge in [0.25, 0.3) is 0 Å². The van der Waals surface area contributed by atoms with Crippen LogP contribution >= 0.6 is 46.4 Å². The van der Waals surface area contributed by atoms with Crippen LogP contribution in [0.15, 0.2) is 36.4 Å². The molecule has 0 fully saturated rings. The van der Waals surface area contributed by atoms with E-state index in [9.17, 15) is 5.11 Å². The monoisotopic (exact) mass is 363 g/mol. The van der Waals surface area contributed by atoms with Crippen molar-refractivity contribution in [3.8, 4) is 0 Å². The lowest BCUT2D eigenvalue weighted by atomic mass is 9.89. The van der Waals surface area contributed by atoms with Crippen LogP contribution in [-0.4, -0.2) is 11.7 Å². The summed E-state index contributed by atoms with van der Waals surface area (Å²) in [5.41, 5.74) is 7.18. The molecule has 0 heterocycles. The van der Waals surface area contributed by atoms with Gasteiger partial charge in [0.15, 0.2) is 0 Å². The van der Waals surface area contributed by atoms with Crippen LogP contribution in [0, 0.1) is 0 Å². The van der Waals surface area contributed by atoms with E-state index < -0.39 is 6.10 Å². The minimum absolute atomic E-state index is 0.225. The highest BCUT2D eigenvalue weighted by molar-refractivity contribution is 6.42. The zero-order valence-corrected chi connectivity index (χ0v) is 13.9. The fraction of sp³-hybridized carbons (Fsp3) is 0.200. The summed E-state index contributed by atoms with van der Waals surface area (Å²) in [5.74, 6) is -0.369. The fourth-order valence-corrected chi connectivity index (χ4v) is 3.01. The van der Waals surface area contributed by atoms with Gasteiger partial charge in [0, 0.05) is 22.5 Å². The highest BCUT2D eigenvalue weighted by Crippen LogP contribution is 2.37. The molecule has 112 valence electrons. The van der Waals surface area contributed by atoms with Crippen LogP contribution in [0.4, 0.5) is 0 Å². The smallest absolute Gasteiger partial charge is 0.0871 e. The molecule has 0 aromatic heterocycles. The van der Waals surface area contributed by atoms with Crippen LogP contribution < -0.4 is 5.73 Å². The highest BCUT2D eigenvalue weighted by Gasteiger charge is 2.24. The second-order valence-electron chi connectivity index (χ2n) is 4.63. The van der Waals surface area contributed by atoms with Crippen molar-refractivity contribution >= 4 is 46.4 Å². The summed E-state index contributed by atoms with van der Waals surface area (Å²) < 4.78 is 0. The summed E-state index contributed by atoms with van der Waals surface area (Å²) >= 11 is 24.0. The Kier molecular flexibility index (Phi) is 5.78. The molecule has 6 heteroatoms. The molecule has 0 aliphatic heterocycles. The van der Waals surface area contributed by atoms with E-state index in [1.54, 1.807) is 36.4 Å². The van der Waals surface area contributed by atoms with E-state index in [0.717, 1.165) is 5.56 Å². The number of rotatable bonds is 4. The van der Waals surface area contributed by atoms with Gasteiger partial charge in [-0.2, -0.15) is 0 Å². The Bertz CT molecular complexity index is 648. The number of hydrogen-bond acceptors (Lipinski definition) is 2. The fourth-order valence-electron chi connectivity index (χ4n) is 2.16. The van der Waals surface area contributed by atoms with Gasteiger partial charge in [0.1, 0.15) is 0 Å². The van der Waals surface area contributed by atoms with E-state index in [1.165, 1.54) is 0 Å². The molecule has 0 saturated carbocycles. The lowest BCUT2D eigenvalue weighted by Crippen LogP contribution is -2.20. The van der Waals surface area contributed by atoms with E-state index in [-0.39, 0.29) is 12.5 Å². The SMILES string of the molecule is NCC(c1ccc(Cl)cc1Cl)C(O)c1ccc(Cl)c(Cl)c1. The van der Waals surface area contributed by atoms with E-state index >= 15 is 0 Å². The van der Waals surface area contributed by atoms with Crippen molar-refractivity contribution < 1.29 is 5.11 Å². The number of benzene rings is 2. The molecule has 2 nitrogen and oxygen atoms in total. The van der Waals surface area contributed by atoms with Crippen LogP contribution in [0.5, 0.6) is 0 Å². The van der Waals surface area contributed by atoms with Gasteiger partial charge in [0.05, 0.1) is 16.1 Å². The summed E-state index contributed by atoms with van der Waals surface area (Å²) in [6.07, 6.45) is -0.844. The summed E-state index contributed by atoms with van der Waals surface area (Å²) in [4.78, 5) is 0. The van der Waals surface area contributed by atoms with Gasteiger partial charge in [-0.1, -0.05) is 58.5 Å². The molecule has 0 aliphatic rings. The molecule has 2 rings (SSSR count). The summed E-state index contributed by atoms with van der Waals surface area (Å²) in [6, 6.07) is 10.1. The zero-order valence-electron chi connectivity index (χ0n) is 10.9. The van der Waals surface area contributed by atoms with Crippen LogP contribution in [0.1, 0.15) is 23.1 Å². The maximum absolute atomic E-state index is 10.6. The first-order valence-electron chi connectivity index (χ1n) is 6.22. The average molecular weight is 365 g/mol. The molecule has 2 unspecified atom stereocenters. The Morgan fingerprint density at radius 2 is 1.62 bits per heavy atom. The molecular formula is C15H13Cl4NO. The molecule has 0 aliphatic carbocycles. The van der Waals surface area contributed by atoms with Gasteiger partial charge in [-0.3, -0.25) is 0 Å². The van der Waals surface area contributed by atoms with Crippen molar-refractivity contribution in [2.75, 3.05) is 6.54 Å². The molecule has 0 saturated heterocycles. The Morgan fingerprint density at radius 3 is 2.19 bits per heavy atom. The lowest BCUT2D eigenvalue weighted by molar-refractivity contribution is 0.147. The predicted molar refractivity (Wildman–Crippen MR) is 89.7 cm³/mol. The Labute approximate surface area is 143 Å². The standard InChI is InChI=1S/C15H13Cl4NO/c16-9-2-3-10(13(18)6-9)11(7-20)15(21)8-1-4-12(17)14(19)5-8/h1-6,11,15,21H,7,20H2. The van der Waals surface area contributed by atoms with Crippen LogP contribution in [0.2, 0.25) is 20.1 Å². The van der Waals surface area contributed by atoms with Gasteiger partial charge >= 0.3 is 0 Å². The Hall–Kier alpha value is -0.480. The molecule has 2 atom stereocenters. The van der Waals surface area contributed by atoms with Crippen LogP contribution in [0.25, 0.3) is 0 Å². The molecule has 21 heavy (non-hydrogen) atoms.